The number of hydrogen-bond donors (Lipinski definition) is 2. The highest BCUT2D eigenvalue weighted by Crippen LogP contribution is 2.55. The second kappa shape index (κ2) is 7.38. The van der Waals surface area contributed by atoms with Crippen LogP contribution >= 0.6 is 15.9 Å². The fraction of sp³-hybridized carbons (Fsp3) is 0.571. The summed E-state index contributed by atoms with van der Waals surface area (Å²) in [6.45, 7) is 1.78. The van der Waals surface area contributed by atoms with E-state index in [0.29, 0.717) is 11.3 Å². The van der Waals surface area contributed by atoms with Gasteiger partial charge in [-0.05, 0) is 81.4 Å². The summed E-state index contributed by atoms with van der Waals surface area (Å²) in [5, 5.41) is 7.45. The Bertz CT molecular complexity index is 754. The lowest BCUT2D eigenvalue weighted by molar-refractivity contribution is -0.125. The highest BCUT2D eigenvalue weighted by molar-refractivity contribution is 9.10. The number of rotatable bonds is 5. The van der Waals surface area contributed by atoms with Crippen molar-refractivity contribution in [3.05, 3.63) is 34.3 Å². The van der Waals surface area contributed by atoms with Crippen molar-refractivity contribution in [2.24, 2.45) is 22.9 Å². The molecule has 1 aromatic rings. The predicted molar refractivity (Wildman–Crippen MR) is 108 cm³/mol. The number of hydrogen-bond acceptors (Lipinski definition) is 3. The first-order chi connectivity index (χ1) is 12.9. The van der Waals surface area contributed by atoms with Gasteiger partial charge >= 0.3 is 0 Å². The van der Waals surface area contributed by atoms with Crippen molar-refractivity contribution in [3.8, 4) is 0 Å². The molecule has 27 heavy (non-hydrogen) atoms. The number of carbonyl (C=O) groups excluding carboxylic acids is 2. The molecule has 0 spiro atoms. The molecule has 0 aromatic heterocycles. The van der Waals surface area contributed by atoms with Crippen molar-refractivity contribution in [3.63, 3.8) is 0 Å². The highest BCUT2D eigenvalue weighted by Gasteiger charge is 2.51. The molecular formula is C21H26BrN3O2. The minimum atomic E-state index is -0.280. The summed E-state index contributed by atoms with van der Waals surface area (Å²) in [7, 11) is 0. The number of nitrogens with zero attached hydrogens (tertiary/aromatic N) is 1. The minimum absolute atomic E-state index is 0.0195. The van der Waals surface area contributed by atoms with E-state index in [4.69, 9.17) is 0 Å². The summed E-state index contributed by atoms with van der Waals surface area (Å²) in [5.74, 6) is 2.15. The molecule has 0 atom stereocenters. The average Bonchev–Trinajstić information content (AvgIpc) is 2.57. The van der Waals surface area contributed by atoms with E-state index >= 15 is 0 Å². The maximum Gasteiger partial charge on any atom is 0.271 e. The van der Waals surface area contributed by atoms with E-state index in [1.807, 2.05) is 6.07 Å². The van der Waals surface area contributed by atoms with Gasteiger partial charge in [-0.25, -0.2) is 5.43 Å². The van der Waals surface area contributed by atoms with Crippen molar-refractivity contribution in [2.45, 2.75) is 57.4 Å². The van der Waals surface area contributed by atoms with Crippen LogP contribution in [0.15, 0.2) is 33.8 Å². The maximum absolute atomic E-state index is 12.6. The first-order valence-electron chi connectivity index (χ1n) is 9.81. The zero-order valence-electron chi connectivity index (χ0n) is 15.6. The molecule has 4 fully saturated rings. The van der Waals surface area contributed by atoms with E-state index in [2.05, 4.69) is 31.8 Å². The molecule has 144 valence electrons. The highest BCUT2D eigenvalue weighted by atomic mass is 79.9. The molecule has 4 aliphatic carbocycles. The summed E-state index contributed by atoms with van der Waals surface area (Å²) in [5.41, 5.74) is 3.70. The third-order valence-electron chi connectivity index (χ3n) is 6.29. The Labute approximate surface area is 168 Å². The van der Waals surface area contributed by atoms with Gasteiger partial charge in [0.2, 0.25) is 5.91 Å². The van der Waals surface area contributed by atoms with E-state index in [0.717, 1.165) is 41.5 Å². The summed E-state index contributed by atoms with van der Waals surface area (Å²) < 4.78 is 0.839. The quantitative estimate of drug-likeness (QED) is 0.545. The molecule has 5 nitrogen and oxygen atoms in total. The average molecular weight is 432 g/mol. The molecular weight excluding hydrogens is 406 g/mol. The van der Waals surface area contributed by atoms with E-state index in [9.17, 15) is 9.59 Å². The monoisotopic (exact) mass is 431 g/mol. The number of carbonyl (C=O) groups is 2. The van der Waals surface area contributed by atoms with Crippen LogP contribution < -0.4 is 10.7 Å². The van der Waals surface area contributed by atoms with Crippen molar-refractivity contribution in [1.82, 2.24) is 10.7 Å². The number of nitrogens with one attached hydrogen (secondary N) is 2. The van der Waals surface area contributed by atoms with Crippen LogP contribution in [0.3, 0.4) is 0 Å². The lowest BCUT2D eigenvalue weighted by Gasteiger charge is -2.56. The van der Waals surface area contributed by atoms with E-state index < -0.39 is 0 Å². The lowest BCUT2D eigenvalue weighted by atomic mass is 9.53. The molecule has 5 rings (SSSR count). The summed E-state index contributed by atoms with van der Waals surface area (Å²) >= 11 is 3.35. The number of amides is 2. The van der Waals surface area contributed by atoms with Gasteiger partial charge in [0.25, 0.3) is 5.91 Å². The topological polar surface area (TPSA) is 70.6 Å². The van der Waals surface area contributed by atoms with Crippen LogP contribution in [0.4, 0.5) is 0 Å². The molecule has 4 aliphatic rings. The molecule has 0 unspecified atom stereocenters. The number of benzene rings is 1. The Morgan fingerprint density at radius 2 is 1.78 bits per heavy atom. The van der Waals surface area contributed by atoms with Crippen molar-refractivity contribution in [2.75, 3.05) is 0 Å². The van der Waals surface area contributed by atoms with Crippen LogP contribution in [0.5, 0.6) is 0 Å². The van der Waals surface area contributed by atoms with E-state index in [1.54, 1.807) is 25.1 Å². The minimum Gasteiger partial charge on any atom is -0.350 e. The first kappa shape index (κ1) is 18.7. The molecule has 1 aromatic carbocycles. The fourth-order valence-corrected chi connectivity index (χ4v) is 6.12. The van der Waals surface area contributed by atoms with Crippen LogP contribution in [0.2, 0.25) is 0 Å². The molecule has 2 N–H and O–H groups in total. The number of hydrazone groups is 1. The third-order valence-corrected chi connectivity index (χ3v) is 6.79. The van der Waals surface area contributed by atoms with Gasteiger partial charge in [-0.15, -0.1) is 0 Å². The van der Waals surface area contributed by atoms with Gasteiger partial charge in [-0.2, -0.15) is 5.10 Å². The van der Waals surface area contributed by atoms with Gasteiger partial charge in [-0.1, -0.05) is 22.0 Å². The molecule has 6 heteroatoms. The standard InChI is InChI=1S/C21H26BrN3O2/c1-13(24-25-20(27)17-3-2-4-18(22)9-17)5-19(26)23-21-10-14-6-15(11-21)8-16(7-14)12-21/h2-4,9,14-16H,5-8,10-12H2,1H3,(H,23,26)(H,25,27). The van der Waals surface area contributed by atoms with Crippen LogP contribution in [0.25, 0.3) is 0 Å². The van der Waals surface area contributed by atoms with Crippen molar-refractivity contribution >= 4 is 33.5 Å². The maximum atomic E-state index is 12.6. The largest absolute Gasteiger partial charge is 0.350 e. The molecule has 0 saturated heterocycles. The van der Waals surface area contributed by atoms with Crippen molar-refractivity contribution < 1.29 is 9.59 Å². The Kier molecular flexibility index (Phi) is 5.10. The zero-order valence-corrected chi connectivity index (χ0v) is 17.2. The normalized spacial score (nSPS) is 31.6. The van der Waals surface area contributed by atoms with E-state index in [-0.39, 0.29) is 23.8 Å². The van der Waals surface area contributed by atoms with Gasteiger partial charge in [-0.3, -0.25) is 9.59 Å². The number of halogens is 1. The Morgan fingerprint density at radius 3 is 2.37 bits per heavy atom. The van der Waals surface area contributed by atoms with E-state index in [1.165, 1.54) is 19.3 Å². The Morgan fingerprint density at radius 1 is 1.15 bits per heavy atom. The smallest absolute Gasteiger partial charge is 0.271 e. The second-order valence-corrected chi connectivity index (χ2v) is 9.64. The molecule has 0 radical (unpaired) electrons. The van der Waals surface area contributed by atoms with Crippen LogP contribution in [0, 0.1) is 17.8 Å². The summed E-state index contributed by atoms with van der Waals surface area (Å²) in [6.07, 6.45) is 7.72. The predicted octanol–water partition coefficient (Wildman–Crippen LogP) is 4.03. The van der Waals surface area contributed by atoms with Gasteiger partial charge in [0.1, 0.15) is 0 Å². The summed E-state index contributed by atoms with van der Waals surface area (Å²) in [6, 6.07) is 7.12. The van der Waals surface area contributed by atoms with Crippen LogP contribution in [-0.2, 0) is 4.79 Å². The zero-order chi connectivity index (χ0) is 19.0. The second-order valence-electron chi connectivity index (χ2n) is 8.72. The lowest BCUT2D eigenvalue weighted by Crippen LogP contribution is -2.60. The van der Waals surface area contributed by atoms with Crippen LogP contribution in [-0.4, -0.2) is 23.1 Å². The van der Waals surface area contributed by atoms with Crippen molar-refractivity contribution in [1.29, 1.82) is 0 Å². The van der Waals surface area contributed by atoms with Gasteiger partial charge < -0.3 is 5.32 Å². The molecule has 0 aliphatic heterocycles. The Balaban J connectivity index is 1.31. The molecule has 4 saturated carbocycles. The van der Waals surface area contributed by atoms with Gasteiger partial charge in [0, 0.05) is 21.3 Å². The Hall–Kier alpha value is -1.69. The molecule has 4 bridgehead atoms. The summed E-state index contributed by atoms with van der Waals surface area (Å²) in [4.78, 5) is 24.7. The fourth-order valence-electron chi connectivity index (χ4n) is 5.72. The van der Waals surface area contributed by atoms with Crippen LogP contribution in [0.1, 0.15) is 62.2 Å². The third kappa shape index (κ3) is 4.26. The SMILES string of the molecule is CC(CC(=O)NC12CC3CC(CC(C3)C1)C2)=NNC(=O)c1cccc(Br)c1. The molecule has 0 heterocycles. The first-order valence-corrected chi connectivity index (χ1v) is 10.6. The molecule has 2 amide bonds. The van der Waals surface area contributed by atoms with Gasteiger partial charge in [0.15, 0.2) is 0 Å². The van der Waals surface area contributed by atoms with Gasteiger partial charge in [0.05, 0.1) is 6.42 Å².